The van der Waals surface area contributed by atoms with E-state index in [0.717, 1.165) is 25.7 Å². The van der Waals surface area contributed by atoms with Crippen molar-refractivity contribution in [2.24, 2.45) is 0 Å². The van der Waals surface area contributed by atoms with Crippen LogP contribution in [0.4, 0.5) is 0 Å². The predicted molar refractivity (Wildman–Crippen MR) is 48.9 cm³/mol. The monoisotopic (exact) mass is 173 g/mol. The van der Waals surface area contributed by atoms with Gasteiger partial charge in [-0.15, -0.1) is 0 Å². The van der Waals surface area contributed by atoms with Gasteiger partial charge in [0.1, 0.15) is 0 Å². The highest BCUT2D eigenvalue weighted by atomic mass is 16.2. The number of hydrogen-bond donors (Lipinski definition) is 1. The van der Waals surface area contributed by atoms with Crippen molar-refractivity contribution in [1.29, 1.82) is 0 Å². The lowest BCUT2D eigenvalue weighted by Gasteiger charge is -2.09. The smallest absolute Gasteiger partial charge is 0.222 e. The summed E-state index contributed by atoms with van der Waals surface area (Å²) in [7, 11) is 3.55. The number of nitrogens with zero attached hydrogens (tertiary/aromatic N) is 1. The molecule has 0 radical (unpaired) electrons. The first-order valence-corrected chi connectivity index (χ1v) is 4.49. The Kier molecular flexibility index (Phi) is 6.76. The van der Waals surface area contributed by atoms with Crippen LogP contribution in [0.5, 0.6) is 0 Å². The normalized spacial score (nSPS) is 9.92. The Labute approximate surface area is 74.4 Å². The SMILES string of the molecule is CN(C)C(=O)CCCCCCO. The first kappa shape index (κ1) is 11.4. The predicted octanol–water partition coefficient (Wildman–Crippen LogP) is 1.02. The van der Waals surface area contributed by atoms with E-state index in [1.54, 1.807) is 19.0 Å². The zero-order valence-electron chi connectivity index (χ0n) is 8.05. The molecule has 72 valence electrons. The van der Waals surface area contributed by atoms with Crippen LogP contribution in [0, 0.1) is 0 Å². The molecule has 0 aliphatic carbocycles. The lowest BCUT2D eigenvalue weighted by Crippen LogP contribution is -2.20. The van der Waals surface area contributed by atoms with Crippen LogP contribution in [0.3, 0.4) is 0 Å². The average molecular weight is 173 g/mol. The van der Waals surface area contributed by atoms with E-state index >= 15 is 0 Å². The van der Waals surface area contributed by atoms with Gasteiger partial charge in [0.15, 0.2) is 0 Å². The Hall–Kier alpha value is -0.570. The van der Waals surface area contributed by atoms with Crippen LogP contribution in [0.2, 0.25) is 0 Å². The molecule has 0 aromatic heterocycles. The van der Waals surface area contributed by atoms with Gasteiger partial charge in [0.2, 0.25) is 5.91 Å². The van der Waals surface area contributed by atoms with Crippen molar-refractivity contribution in [3.63, 3.8) is 0 Å². The van der Waals surface area contributed by atoms with E-state index in [9.17, 15) is 4.79 Å². The zero-order valence-corrected chi connectivity index (χ0v) is 8.05. The molecule has 0 fully saturated rings. The minimum Gasteiger partial charge on any atom is -0.396 e. The van der Waals surface area contributed by atoms with Gasteiger partial charge in [0.05, 0.1) is 0 Å². The molecule has 0 unspecified atom stereocenters. The van der Waals surface area contributed by atoms with E-state index in [2.05, 4.69) is 0 Å². The Morgan fingerprint density at radius 2 is 1.75 bits per heavy atom. The van der Waals surface area contributed by atoms with Gasteiger partial charge >= 0.3 is 0 Å². The van der Waals surface area contributed by atoms with Crippen molar-refractivity contribution in [2.75, 3.05) is 20.7 Å². The summed E-state index contributed by atoms with van der Waals surface area (Å²) in [6.45, 7) is 0.266. The molecule has 0 aromatic carbocycles. The maximum Gasteiger partial charge on any atom is 0.222 e. The van der Waals surface area contributed by atoms with Crippen molar-refractivity contribution in [3.05, 3.63) is 0 Å². The highest BCUT2D eigenvalue weighted by Crippen LogP contribution is 2.03. The summed E-state index contributed by atoms with van der Waals surface area (Å²) in [5.41, 5.74) is 0. The summed E-state index contributed by atoms with van der Waals surface area (Å²) in [5, 5.41) is 8.49. The Balaban J connectivity index is 3.14. The number of hydrogen-bond acceptors (Lipinski definition) is 2. The van der Waals surface area contributed by atoms with E-state index in [-0.39, 0.29) is 12.5 Å². The molecule has 0 aromatic rings. The first-order chi connectivity index (χ1) is 5.68. The summed E-state index contributed by atoms with van der Waals surface area (Å²) in [4.78, 5) is 12.7. The van der Waals surface area contributed by atoms with Gasteiger partial charge in [-0.1, -0.05) is 12.8 Å². The maximum atomic E-state index is 11.1. The van der Waals surface area contributed by atoms with Crippen LogP contribution >= 0.6 is 0 Å². The minimum absolute atomic E-state index is 0.194. The maximum absolute atomic E-state index is 11.1. The molecule has 0 saturated heterocycles. The van der Waals surface area contributed by atoms with E-state index < -0.39 is 0 Å². The molecule has 3 nitrogen and oxygen atoms in total. The fourth-order valence-corrected chi connectivity index (χ4v) is 0.965. The third-order valence-electron chi connectivity index (χ3n) is 1.80. The van der Waals surface area contributed by atoms with E-state index in [1.807, 2.05) is 0 Å². The molecule has 0 saturated carbocycles. The molecule has 0 bridgehead atoms. The minimum atomic E-state index is 0.194. The lowest BCUT2D eigenvalue weighted by atomic mass is 10.1. The number of unbranched alkanes of at least 4 members (excludes halogenated alkanes) is 3. The van der Waals surface area contributed by atoms with Gasteiger partial charge in [0.25, 0.3) is 0 Å². The number of aliphatic hydroxyl groups excluding tert-OH is 1. The summed E-state index contributed by atoms with van der Waals surface area (Å²) in [6, 6.07) is 0. The van der Waals surface area contributed by atoms with Crippen molar-refractivity contribution in [1.82, 2.24) is 4.90 Å². The summed E-state index contributed by atoms with van der Waals surface area (Å²) in [5.74, 6) is 0.194. The summed E-state index contributed by atoms with van der Waals surface area (Å²) < 4.78 is 0. The van der Waals surface area contributed by atoms with Gasteiger partial charge in [-0.2, -0.15) is 0 Å². The Bertz CT molecular complexity index is 124. The average Bonchev–Trinajstić information content (AvgIpc) is 2.03. The molecular weight excluding hydrogens is 154 g/mol. The van der Waals surface area contributed by atoms with Crippen molar-refractivity contribution < 1.29 is 9.90 Å². The molecule has 0 aliphatic heterocycles. The molecule has 0 aliphatic rings. The molecule has 12 heavy (non-hydrogen) atoms. The van der Waals surface area contributed by atoms with Gasteiger partial charge in [-0.05, 0) is 12.8 Å². The fraction of sp³-hybridized carbons (Fsp3) is 0.889. The number of aliphatic hydroxyl groups is 1. The van der Waals surface area contributed by atoms with Crippen LogP contribution in [0.1, 0.15) is 32.1 Å². The number of carbonyl (C=O) groups excluding carboxylic acids is 1. The second-order valence-corrected chi connectivity index (χ2v) is 3.18. The second kappa shape index (κ2) is 7.10. The third kappa shape index (κ3) is 6.16. The van der Waals surface area contributed by atoms with Crippen LogP contribution < -0.4 is 0 Å². The number of carbonyl (C=O) groups is 1. The van der Waals surface area contributed by atoms with Gasteiger partial charge in [-0.25, -0.2) is 0 Å². The van der Waals surface area contributed by atoms with Crippen molar-refractivity contribution >= 4 is 5.91 Å². The summed E-state index contributed by atoms with van der Waals surface area (Å²) >= 11 is 0. The van der Waals surface area contributed by atoms with Gasteiger partial charge in [0, 0.05) is 27.1 Å². The molecule has 0 atom stereocenters. The molecular formula is C9H19NO2. The molecule has 0 heterocycles. The zero-order chi connectivity index (χ0) is 9.40. The van der Waals surface area contributed by atoms with Crippen LogP contribution in [0.15, 0.2) is 0 Å². The molecule has 0 spiro atoms. The van der Waals surface area contributed by atoms with Gasteiger partial charge in [-0.3, -0.25) is 4.79 Å². The topological polar surface area (TPSA) is 40.5 Å². The second-order valence-electron chi connectivity index (χ2n) is 3.18. The number of rotatable bonds is 6. The quantitative estimate of drug-likeness (QED) is 0.609. The molecule has 0 rings (SSSR count). The molecule has 3 heteroatoms. The van der Waals surface area contributed by atoms with Crippen LogP contribution in [0.25, 0.3) is 0 Å². The fourth-order valence-electron chi connectivity index (χ4n) is 0.965. The van der Waals surface area contributed by atoms with E-state index in [4.69, 9.17) is 5.11 Å². The van der Waals surface area contributed by atoms with E-state index in [1.165, 1.54) is 0 Å². The standard InChI is InChI=1S/C9H19NO2/c1-10(2)9(12)7-5-3-4-6-8-11/h11H,3-8H2,1-2H3. The highest BCUT2D eigenvalue weighted by Gasteiger charge is 2.01. The van der Waals surface area contributed by atoms with E-state index in [0.29, 0.717) is 6.42 Å². The van der Waals surface area contributed by atoms with Crippen LogP contribution in [-0.4, -0.2) is 36.6 Å². The largest absolute Gasteiger partial charge is 0.396 e. The van der Waals surface area contributed by atoms with Crippen molar-refractivity contribution in [3.8, 4) is 0 Å². The highest BCUT2D eigenvalue weighted by molar-refractivity contribution is 5.75. The van der Waals surface area contributed by atoms with Gasteiger partial charge < -0.3 is 10.0 Å². The lowest BCUT2D eigenvalue weighted by molar-refractivity contribution is -0.128. The molecule has 1 amide bonds. The van der Waals surface area contributed by atoms with Crippen molar-refractivity contribution in [2.45, 2.75) is 32.1 Å². The van der Waals surface area contributed by atoms with Crippen LogP contribution in [-0.2, 0) is 4.79 Å². The first-order valence-electron chi connectivity index (χ1n) is 4.49. The third-order valence-corrected chi connectivity index (χ3v) is 1.80. The Morgan fingerprint density at radius 3 is 2.25 bits per heavy atom. The number of amides is 1. The summed E-state index contributed by atoms with van der Waals surface area (Å²) in [6.07, 6.45) is 4.50. The molecule has 1 N–H and O–H groups in total. The Morgan fingerprint density at radius 1 is 1.17 bits per heavy atom.